The first-order chi connectivity index (χ1) is 18.3. The predicted octanol–water partition coefficient (Wildman–Crippen LogP) is 4.12. The average Bonchev–Trinajstić information content (AvgIpc) is 3.42. The first-order valence-corrected chi connectivity index (χ1v) is 13.0. The number of amides is 1. The number of benzene rings is 1. The molecule has 198 valence electrons. The van der Waals surface area contributed by atoms with Crippen molar-refractivity contribution in [2.24, 2.45) is 0 Å². The number of piperazine rings is 1. The number of hydrogen-bond acceptors (Lipinski definition) is 8. The van der Waals surface area contributed by atoms with Gasteiger partial charge in [-0.25, -0.2) is 23.7 Å². The fourth-order valence-electron chi connectivity index (χ4n) is 5.77. The van der Waals surface area contributed by atoms with Crippen molar-refractivity contribution in [2.45, 2.75) is 57.9 Å². The third kappa shape index (κ3) is 4.40. The van der Waals surface area contributed by atoms with Crippen LogP contribution in [0.1, 0.15) is 44.0 Å². The highest BCUT2D eigenvalue weighted by molar-refractivity contribution is 5.94. The second kappa shape index (κ2) is 9.46. The zero-order chi connectivity index (χ0) is 26.6. The van der Waals surface area contributed by atoms with E-state index in [0.29, 0.717) is 53.5 Å². The summed E-state index contributed by atoms with van der Waals surface area (Å²) < 4.78 is 29.8. The van der Waals surface area contributed by atoms with Crippen molar-refractivity contribution >= 4 is 29.0 Å². The molecule has 0 spiro atoms. The number of anilines is 4. The average molecular weight is 521 g/mol. The van der Waals surface area contributed by atoms with Crippen molar-refractivity contribution in [1.29, 1.82) is 0 Å². The molecule has 2 saturated heterocycles. The minimum absolute atomic E-state index is 0.0207. The minimum Gasteiger partial charge on any atom is -0.361 e. The topological polar surface area (TPSA) is 98.3 Å². The van der Waals surface area contributed by atoms with E-state index in [-0.39, 0.29) is 29.8 Å². The Morgan fingerprint density at radius 1 is 1.08 bits per heavy atom. The van der Waals surface area contributed by atoms with Crippen molar-refractivity contribution < 1.29 is 13.6 Å². The smallest absolute Gasteiger partial charge is 0.255 e. The van der Waals surface area contributed by atoms with E-state index in [0.717, 1.165) is 19.0 Å². The Morgan fingerprint density at radius 3 is 2.53 bits per heavy atom. The van der Waals surface area contributed by atoms with Crippen LogP contribution in [0.5, 0.6) is 0 Å². The Bertz CT molecular complexity index is 1370. The maximum absolute atomic E-state index is 15.0. The number of nitrogens with zero attached hydrogens (tertiary/aromatic N) is 5. The molecule has 6 rings (SSSR count). The van der Waals surface area contributed by atoms with Crippen LogP contribution in [0.2, 0.25) is 0 Å². The molecule has 3 atom stereocenters. The van der Waals surface area contributed by atoms with Crippen molar-refractivity contribution in [3.63, 3.8) is 0 Å². The Kier molecular flexibility index (Phi) is 6.10. The molecule has 3 aliphatic heterocycles. The maximum atomic E-state index is 15.0. The van der Waals surface area contributed by atoms with Gasteiger partial charge in [0.25, 0.3) is 5.91 Å². The highest BCUT2D eigenvalue weighted by Gasteiger charge is 2.35. The molecule has 0 saturated carbocycles. The summed E-state index contributed by atoms with van der Waals surface area (Å²) in [5.41, 5.74) is 1.85. The van der Waals surface area contributed by atoms with Crippen LogP contribution in [-0.2, 0) is 0 Å². The second-order valence-electron chi connectivity index (χ2n) is 10.5. The second-order valence-corrected chi connectivity index (χ2v) is 10.5. The van der Waals surface area contributed by atoms with Crippen molar-refractivity contribution in [3.05, 3.63) is 53.9 Å². The molecule has 2 aromatic heterocycles. The summed E-state index contributed by atoms with van der Waals surface area (Å²) in [5, 5.41) is 9.63. The van der Waals surface area contributed by atoms with E-state index in [2.05, 4.69) is 30.9 Å². The van der Waals surface area contributed by atoms with Crippen LogP contribution in [0.25, 0.3) is 11.3 Å². The van der Waals surface area contributed by atoms with Crippen molar-refractivity contribution in [2.75, 3.05) is 28.6 Å². The lowest BCUT2D eigenvalue weighted by atomic mass is 10.1. The van der Waals surface area contributed by atoms with E-state index < -0.39 is 11.6 Å². The molecular weight excluding hydrogens is 490 g/mol. The Hall–Kier alpha value is -3.86. The van der Waals surface area contributed by atoms with Gasteiger partial charge < -0.3 is 25.8 Å². The van der Waals surface area contributed by atoms with E-state index >= 15 is 0 Å². The van der Waals surface area contributed by atoms with Crippen LogP contribution in [0.15, 0.2) is 36.7 Å². The molecule has 3 N–H and O–H groups in total. The van der Waals surface area contributed by atoms with Gasteiger partial charge in [-0.15, -0.1) is 0 Å². The summed E-state index contributed by atoms with van der Waals surface area (Å²) in [6.07, 6.45) is 4.67. The number of halogens is 2. The van der Waals surface area contributed by atoms with Gasteiger partial charge in [-0.3, -0.25) is 4.79 Å². The van der Waals surface area contributed by atoms with Gasteiger partial charge in [0.2, 0.25) is 5.95 Å². The van der Waals surface area contributed by atoms with Crippen LogP contribution < -0.4 is 20.9 Å². The van der Waals surface area contributed by atoms with Gasteiger partial charge in [-0.1, -0.05) is 0 Å². The van der Waals surface area contributed by atoms with Gasteiger partial charge in [0.1, 0.15) is 17.3 Å². The third-order valence-corrected chi connectivity index (χ3v) is 7.45. The van der Waals surface area contributed by atoms with Crippen LogP contribution in [0.4, 0.5) is 31.9 Å². The third-order valence-electron chi connectivity index (χ3n) is 7.45. The van der Waals surface area contributed by atoms with Gasteiger partial charge in [-0.05, 0) is 57.9 Å². The number of aromatic nitrogens is 3. The molecule has 5 heterocycles. The van der Waals surface area contributed by atoms with Gasteiger partial charge >= 0.3 is 0 Å². The van der Waals surface area contributed by atoms with E-state index in [4.69, 9.17) is 0 Å². The lowest BCUT2D eigenvalue weighted by Crippen LogP contribution is -2.53. The summed E-state index contributed by atoms with van der Waals surface area (Å²) in [7, 11) is 0. The molecule has 0 aliphatic carbocycles. The van der Waals surface area contributed by atoms with Crippen LogP contribution in [0.3, 0.4) is 0 Å². The fourth-order valence-corrected chi connectivity index (χ4v) is 5.77. The number of fused-ring (bicyclic) bond motifs is 3. The lowest BCUT2D eigenvalue weighted by Gasteiger charge is -2.32. The normalized spacial score (nSPS) is 22.0. The zero-order valence-corrected chi connectivity index (χ0v) is 21.5. The SMILES string of the molecule is CC(C)N1c2cc(-c3nc(Nc4ccc(C(=O)N5CC6CCC(C5)N6)cn4)ncc3F)cc(F)c2NC1C. The lowest BCUT2D eigenvalue weighted by molar-refractivity contribution is 0.0697. The largest absolute Gasteiger partial charge is 0.361 e. The fraction of sp³-hybridized carbons (Fsp3) is 0.407. The number of nitrogens with one attached hydrogen (secondary N) is 3. The van der Waals surface area contributed by atoms with E-state index in [9.17, 15) is 13.6 Å². The number of likely N-dealkylation sites (tertiary alicyclic amines) is 1. The maximum Gasteiger partial charge on any atom is 0.255 e. The molecule has 0 radical (unpaired) electrons. The molecule has 11 heteroatoms. The number of carbonyl (C=O) groups excluding carboxylic acids is 1. The molecule has 38 heavy (non-hydrogen) atoms. The number of pyridine rings is 1. The minimum atomic E-state index is -0.663. The van der Waals surface area contributed by atoms with Crippen LogP contribution >= 0.6 is 0 Å². The summed E-state index contributed by atoms with van der Waals surface area (Å²) in [5.74, 6) is -0.660. The quantitative estimate of drug-likeness (QED) is 0.462. The van der Waals surface area contributed by atoms with Gasteiger partial charge in [0.15, 0.2) is 5.82 Å². The molecule has 3 unspecified atom stereocenters. The summed E-state index contributed by atoms with van der Waals surface area (Å²) in [4.78, 5) is 29.6. The summed E-state index contributed by atoms with van der Waals surface area (Å²) >= 11 is 0. The zero-order valence-electron chi connectivity index (χ0n) is 21.5. The number of rotatable bonds is 5. The highest BCUT2D eigenvalue weighted by Crippen LogP contribution is 2.41. The first kappa shape index (κ1) is 24.5. The first-order valence-electron chi connectivity index (χ1n) is 13.0. The standard InChI is InChI=1S/C27H30F2N8O/c1-14(2)37-15(3)32-25-20(28)8-17(9-22(25)37)24-21(29)11-31-27(35-24)34-23-7-4-16(10-30-23)26(38)36-12-18-5-6-19(13-36)33-18/h4,7-11,14-15,18-19,32-33H,5-6,12-13H2,1-3H3,(H,30,31,34,35). The van der Waals surface area contributed by atoms with Gasteiger partial charge in [-0.2, -0.15) is 0 Å². The van der Waals surface area contributed by atoms with E-state index in [1.807, 2.05) is 30.6 Å². The Labute approximate surface area is 219 Å². The van der Waals surface area contributed by atoms with Crippen molar-refractivity contribution in [3.8, 4) is 11.3 Å². The molecule has 2 fully saturated rings. The van der Waals surface area contributed by atoms with Crippen LogP contribution in [0, 0.1) is 11.6 Å². The van der Waals surface area contributed by atoms with Gasteiger partial charge in [0, 0.05) is 43.0 Å². The van der Waals surface area contributed by atoms with Gasteiger partial charge in [0.05, 0.1) is 29.3 Å². The number of hydrogen-bond donors (Lipinski definition) is 3. The van der Waals surface area contributed by atoms with Crippen LogP contribution in [-0.4, -0.2) is 63.1 Å². The highest BCUT2D eigenvalue weighted by atomic mass is 19.1. The molecule has 1 aromatic carbocycles. The van der Waals surface area contributed by atoms with E-state index in [1.165, 1.54) is 12.3 Å². The number of carbonyl (C=O) groups is 1. The molecule has 1 amide bonds. The summed E-state index contributed by atoms with van der Waals surface area (Å²) in [6.45, 7) is 7.39. The molecule has 3 aliphatic rings. The Balaban J connectivity index is 1.22. The monoisotopic (exact) mass is 520 g/mol. The molecule has 9 nitrogen and oxygen atoms in total. The van der Waals surface area contributed by atoms with E-state index in [1.54, 1.807) is 18.2 Å². The molecule has 2 bridgehead atoms. The summed E-state index contributed by atoms with van der Waals surface area (Å²) in [6, 6.07) is 7.23. The van der Waals surface area contributed by atoms with Crippen molar-refractivity contribution in [1.82, 2.24) is 25.2 Å². The molecule has 3 aromatic rings. The predicted molar refractivity (Wildman–Crippen MR) is 141 cm³/mol. The Morgan fingerprint density at radius 2 is 1.84 bits per heavy atom. The molecular formula is C27H30F2N8O.